The fourth-order valence-electron chi connectivity index (χ4n) is 2.40. The van der Waals surface area contributed by atoms with Crippen LogP contribution in [0.4, 0.5) is 5.69 Å². The van der Waals surface area contributed by atoms with Crippen molar-refractivity contribution in [3.63, 3.8) is 0 Å². The van der Waals surface area contributed by atoms with Crippen LogP contribution in [-0.2, 0) is 9.59 Å². The van der Waals surface area contributed by atoms with Crippen molar-refractivity contribution >= 4 is 23.4 Å². The minimum Gasteiger partial charge on any atom is -0.323 e. The Morgan fingerprint density at radius 1 is 1.48 bits per heavy atom. The van der Waals surface area contributed by atoms with Crippen molar-refractivity contribution in [1.29, 1.82) is 0 Å². The molecule has 7 nitrogen and oxygen atoms in total. The van der Waals surface area contributed by atoms with E-state index in [1.807, 2.05) is 6.92 Å². The summed E-state index contributed by atoms with van der Waals surface area (Å²) < 4.78 is 0. The zero-order chi connectivity index (χ0) is 15.6. The van der Waals surface area contributed by atoms with E-state index in [2.05, 4.69) is 10.7 Å². The first kappa shape index (κ1) is 15.0. The smallest absolute Gasteiger partial charge is 0.257 e. The number of hydrogen-bond donors (Lipinski definition) is 3. The van der Waals surface area contributed by atoms with Crippen LogP contribution < -0.4 is 16.6 Å². The van der Waals surface area contributed by atoms with Gasteiger partial charge in [0.05, 0.1) is 11.3 Å². The SMILES string of the molecule is CCC1C(=O)NC(=O)CN1C(=O)c1ccc(C)cc1NN. The molecule has 3 amide bonds. The topological polar surface area (TPSA) is 105 Å². The van der Waals surface area contributed by atoms with Crippen LogP contribution in [0.2, 0.25) is 0 Å². The van der Waals surface area contributed by atoms with Crippen LogP contribution in [0.1, 0.15) is 29.3 Å². The molecular weight excluding hydrogens is 272 g/mol. The number of nitrogens with one attached hydrogen (secondary N) is 2. The molecule has 1 aliphatic rings. The van der Waals surface area contributed by atoms with Crippen LogP contribution in [0.25, 0.3) is 0 Å². The summed E-state index contributed by atoms with van der Waals surface area (Å²) in [6.45, 7) is 3.53. The highest BCUT2D eigenvalue weighted by atomic mass is 16.2. The monoisotopic (exact) mass is 290 g/mol. The Morgan fingerprint density at radius 3 is 2.81 bits per heavy atom. The number of nitrogens with zero attached hydrogens (tertiary/aromatic N) is 1. The second-order valence-electron chi connectivity index (χ2n) is 4.96. The minimum atomic E-state index is -0.651. The van der Waals surface area contributed by atoms with Crippen molar-refractivity contribution in [3.05, 3.63) is 29.3 Å². The van der Waals surface area contributed by atoms with Gasteiger partial charge in [0.25, 0.3) is 5.91 Å². The Labute approximate surface area is 122 Å². The van der Waals surface area contributed by atoms with Gasteiger partial charge in [0.1, 0.15) is 12.6 Å². The third-order valence-corrected chi connectivity index (χ3v) is 3.46. The van der Waals surface area contributed by atoms with Crippen LogP contribution in [-0.4, -0.2) is 35.2 Å². The molecule has 4 N–H and O–H groups in total. The standard InChI is InChI=1S/C14H18N4O3/c1-3-11-13(20)16-12(19)7-18(11)14(21)9-5-4-8(2)6-10(9)17-15/h4-6,11,17H,3,7,15H2,1-2H3,(H,16,19,20). The van der Waals surface area contributed by atoms with E-state index in [-0.39, 0.29) is 6.54 Å². The van der Waals surface area contributed by atoms with Gasteiger partial charge in [-0.1, -0.05) is 13.0 Å². The van der Waals surface area contributed by atoms with Gasteiger partial charge in [-0.05, 0) is 31.0 Å². The molecule has 0 spiro atoms. The molecule has 0 aromatic heterocycles. The second kappa shape index (κ2) is 5.92. The number of hydrogen-bond acceptors (Lipinski definition) is 5. The summed E-state index contributed by atoms with van der Waals surface area (Å²) in [5, 5.41) is 2.24. The Hall–Kier alpha value is -2.41. The second-order valence-corrected chi connectivity index (χ2v) is 4.96. The average molecular weight is 290 g/mol. The van der Waals surface area contributed by atoms with Gasteiger partial charge in [0.15, 0.2) is 0 Å². The lowest BCUT2D eigenvalue weighted by Crippen LogP contribution is -2.59. The first-order chi connectivity index (χ1) is 9.97. The number of benzene rings is 1. The average Bonchev–Trinajstić information content (AvgIpc) is 2.45. The number of anilines is 1. The van der Waals surface area contributed by atoms with E-state index >= 15 is 0 Å². The summed E-state index contributed by atoms with van der Waals surface area (Å²) in [5.41, 5.74) is 4.23. The first-order valence-corrected chi connectivity index (χ1v) is 6.69. The molecule has 1 fully saturated rings. The fraction of sp³-hybridized carbons (Fsp3) is 0.357. The van der Waals surface area contributed by atoms with Crippen LogP contribution >= 0.6 is 0 Å². The summed E-state index contributed by atoms with van der Waals surface area (Å²) in [6.07, 6.45) is 0.433. The highest BCUT2D eigenvalue weighted by Gasteiger charge is 2.36. The molecule has 1 aromatic rings. The molecule has 7 heteroatoms. The van der Waals surface area contributed by atoms with Crippen molar-refractivity contribution in [2.45, 2.75) is 26.3 Å². The number of nitrogen functional groups attached to an aromatic ring is 1. The van der Waals surface area contributed by atoms with E-state index in [1.165, 1.54) is 4.90 Å². The van der Waals surface area contributed by atoms with Gasteiger partial charge in [-0.25, -0.2) is 0 Å². The van der Waals surface area contributed by atoms with E-state index < -0.39 is 23.8 Å². The molecule has 0 saturated carbocycles. The molecule has 2 rings (SSSR count). The van der Waals surface area contributed by atoms with E-state index in [4.69, 9.17) is 5.84 Å². The zero-order valence-corrected chi connectivity index (χ0v) is 12.0. The van der Waals surface area contributed by atoms with Crippen LogP contribution in [0.15, 0.2) is 18.2 Å². The fourth-order valence-corrected chi connectivity index (χ4v) is 2.40. The highest BCUT2D eigenvalue weighted by molar-refractivity contribution is 6.08. The third-order valence-electron chi connectivity index (χ3n) is 3.46. The maximum atomic E-state index is 12.6. The number of nitrogens with two attached hydrogens (primary N) is 1. The number of carbonyl (C=O) groups is 3. The van der Waals surface area contributed by atoms with Crippen LogP contribution in [0.5, 0.6) is 0 Å². The normalized spacial score (nSPS) is 18.4. The van der Waals surface area contributed by atoms with E-state index in [9.17, 15) is 14.4 Å². The highest BCUT2D eigenvalue weighted by Crippen LogP contribution is 2.21. The number of hydrazine groups is 1. The maximum absolute atomic E-state index is 12.6. The van der Waals surface area contributed by atoms with Crippen LogP contribution in [0.3, 0.4) is 0 Å². The zero-order valence-electron chi connectivity index (χ0n) is 12.0. The van der Waals surface area contributed by atoms with E-state index in [1.54, 1.807) is 25.1 Å². The van der Waals surface area contributed by atoms with Gasteiger partial charge in [-0.2, -0.15) is 0 Å². The van der Waals surface area contributed by atoms with Crippen molar-refractivity contribution in [3.8, 4) is 0 Å². The predicted octanol–water partition coefficient (Wildman–Crippen LogP) is 0.158. The summed E-state index contributed by atoms with van der Waals surface area (Å²) in [5.74, 6) is 4.12. The lowest BCUT2D eigenvalue weighted by Gasteiger charge is -2.33. The Kier molecular flexibility index (Phi) is 4.23. The number of rotatable bonds is 3. The molecule has 112 valence electrons. The lowest BCUT2D eigenvalue weighted by atomic mass is 10.0. The maximum Gasteiger partial charge on any atom is 0.257 e. The van der Waals surface area contributed by atoms with Crippen molar-refractivity contribution < 1.29 is 14.4 Å². The molecule has 1 aliphatic heterocycles. The lowest BCUT2D eigenvalue weighted by molar-refractivity contribution is -0.138. The Balaban J connectivity index is 2.37. The Bertz CT molecular complexity index is 600. The van der Waals surface area contributed by atoms with Crippen LogP contribution in [0, 0.1) is 6.92 Å². The van der Waals surface area contributed by atoms with E-state index in [0.717, 1.165) is 5.56 Å². The molecule has 1 unspecified atom stereocenters. The van der Waals surface area contributed by atoms with Crippen molar-refractivity contribution in [2.75, 3.05) is 12.0 Å². The number of imide groups is 1. The number of piperazine rings is 1. The van der Waals surface area contributed by atoms with Crippen molar-refractivity contribution in [2.24, 2.45) is 5.84 Å². The van der Waals surface area contributed by atoms with E-state index in [0.29, 0.717) is 17.7 Å². The van der Waals surface area contributed by atoms with Gasteiger partial charge in [-0.3, -0.25) is 25.5 Å². The first-order valence-electron chi connectivity index (χ1n) is 6.69. The van der Waals surface area contributed by atoms with Gasteiger partial charge in [0, 0.05) is 0 Å². The number of amides is 3. The summed E-state index contributed by atoms with van der Waals surface area (Å²) in [7, 11) is 0. The number of aryl methyl sites for hydroxylation is 1. The molecule has 0 radical (unpaired) electrons. The van der Waals surface area contributed by atoms with Gasteiger partial charge in [0.2, 0.25) is 11.8 Å². The van der Waals surface area contributed by atoms with Crippen molar-refractivity contribution in [1.82, 2.24) is 10.2 Å². The quantitative estimate of drug-likeness (QED) is 0.418. The molecule has 1 saturated heterocycles. The molecule has 0 bridgehead atoms. The predicted molar refractivity (Wildman–Crippen MR) is 77.3 cm³/mol. The summed E-state index contributed by atoms with van der Waals surface area (Å²) >= 11 is 0. The molecular formula is C14H18N4O3. The third kappa shape index (κ3) is 2.87. The molecule has 1 aromatic carbocycles. The van der Waals surface area contributed by atoms with Gasteiger partial charge < -0.3 is 10.3 Å². The molecule has 1 atom stereocenters. The largest absolute Gasteiger partial charge is 0.323 e. The Morgan fingerprint density at radius 2 is 2.19 bits per heavy atom. The van der Waals surface area contributed by atoms with Gasteiger partial charge >= 0.3 is 0 Å². The molecule has 21 heavy (non-hydrogen) atoms. The summed E-state index contributed by atoms with van der Waals surface area (Å²) in [6, 6.07) is 4.50. The minimum absolute atomic E-state index is 0.138. The molecule has 0 aliphatic carbocycles. The summed E-state index contributed by atoms with van der Waals surface area (Å²) in [4.78, 5) is 37.3. The van der Waals surface area contributed by atoms with Gasteiger partial charge in [-0.15, -0.1) is 0 Å². The molecule has 1 heterocycles. The number of carbonyl (C=O) groups excluding carboxylic acids is 3.